The van der Waals surface area contributed by atoms with Crippen LogP contribution in [0.1, 0.15) is 18.4 Å². The SMILES string of the molecule is CN1C(=O)[C@@H]2CCCN2C(=O)/C1=C\c1ccccc1. The molecule has 0 bridgehead atoms. The van der Waals surface area contributed by atoms with Gasteiger partial charge in [-0.1, -0.05) is 30.3 Å². The second-order valence-corrected chi connectivity index (χ2v) is 4.99. The Hall–Kier alpha value is -2.10. The Balaban J connectivity index is 1.99. The van der Waals surface area contributed by atoms with Gasteiger partial charge in [-0.15, -0.1) is 0 Å². The van der Waals surface area contributed by atoms with Crippen molar-refractivity contribution in [3.05, 3.63) is 41.6 Å². The summed E-state index contributed by atoms with van der Waals surface area (Å²) in [6.07, 6.45) is 3.48. The number of benzene rings is 1. The highest BCUT2D eigenvalue weighted by Gasteiger charge is 2.43. The molecule has 4 nitrogen and oxygen atoms in total. The van der Waals surface area contributed by atoms with Gasteiger partial charge in [0.15, 0.2) is 0 Å². The van der Waals surface area contributed by atoms with Crippen LogP contribution in [0.4, 0.5) is 0 Å². The molecule has 2 aliphatic heterocycles. The van der Waals surface area contributed by atoms with Crippen molar-refractivity contribution in [2.45, 2.75) is 18.9 Å². The van der Waals surface area contributed by atoms with E-state index in [0.717, 1.165) is 18.4 Å². The molecular weight excluding hydrogens is 240 g/mol. The first-order valence-corrected chi connectivity index (χ1v) is 6.54. The Labute approximate surface area is 112 Å². The van der Waals surface area contributed by atoms with Crippen molar-refractivity contribution >= 4 is 17.9 Å². The average molecular weight is 256 g/mol. The molecule has 2 fully saturated rings. The Bertz CT molecular complexity index is 551. The summed E-state index contributed by atoms with van der Waals surface area (Å²) in [7, 11) is 1.69. The molecule has 0 unspecified atom stereocenters. The minimum atomic E-state index is -0.245. The van der Waals surface area contributed by atoms with Crippen molar-refractivity contribution in [2.75, 3.05) is 13.6 Å². The summed E-state index contributed by atoms with van der Waals surface area (Å²) in [5, 5.41) is 0. The summed E-state index contributed by atoms with van der Waals surface area (Å²) < 4.78 is 0. The number of hydrogen-bond acceptors (Lipinski definition) is 2. The largest absolute Gasteiger partial charge is 0.325 e. The molecule has 0 aliphatic carbocycles. The molecule has 4 heteroatoms. The van der Waals surface area contributed by atoms with Crippen LogP contribution in [0.15, 0.2) is 36.0 Å². The van der Waals surface area contributed by atoms with Gasteiger partial charge in [-0.25, -0.2) is 0 Å². The van der Waals surface area contributed by atoms with Crippen molar-refractivity contribution < 1.29 is 9.59 Å². The third-order valence-corrected chi connectivity index (χ3v) is 3.81. The van der Waals surface area contributed by atoms with Gasteiger partial charge in [-0.2, -0.15) is 0 Å². The van der Waals surface area contributed by atoms with Gasteiger partial charge in [-0.05, 0) is 24.5 Å². The van der Waals surface area contributed by atoms with Crippen LogP contribution in [-0.4, -0.2) is 41.2 Å². The molecule has 19 heavy (non-hydrogen) atoms. The van der Waals surface area contributed by atoms with E-state index in [1.165, 1.54) is 4.90 Å². The lowest BCUT2D eigenvalue weighted by Crippen LogP contribution is -2.54. The van der Waals surface area contributed by atoms with Gasteiger partial charge in [0.2, 0.25) is 5.91 Å². The summed E-state index contributed by atoms with van der Waals surface area (Å²) in [6, 6.07) is 9.37. The number of carbonyl (C=O) groups excluding carboxylic acids is 2. The highest BCUT2D eigenvalue weighted by atomic mass is 16.2. The van der Waals surface area contributed by atoms with E-state index in [4.69, 9.17) is 0 Å². The Morgan fingerprint density at radius 1 is 1.21 bits per heavy atom. The highest BCUT2D eigenvalue weighted by molar-refractivity contribution is 6.07. The molecule has 1 aromatic carbocycles. The summed E-state index contributed by atoms with van der Waals surface area (Å²) in [5.41, 5.74) is 1.40. The number of likely N-dealkylation sites (N-methyl/N-ethyl adjacent to an activating group) is 1. The van der Waals surface area contributed by atoms with E-state index < -0.39 is 0 Å². The zero-order chi connectivity index (χ0) is 13.4. The maximum absolute atomic E-state index is 12.4. The fourth-order valence-electron chi connectivity index (χ4n) is 2.77. The van der Waals surface area contributed by atoms with Crippen molar-refractivity contribution in [1.82, 2.24) is 9.80 Å². The summed E-state index contributed by atoms with van der Waals surface area (Å²) in [6.45, 7) is 0.690. The fourth-order valence-corrected chi connectivity index (χ4v) is 2.77. The van der Waals surface area contributed by atoms with Gasteiger partial charge < -0.3 is 9.80 Å². The van der Waals surface area contributed by atoms with Crippen LogP contribution in [-0.2, 0) is 9.59 Å². The number of carbonyl (C=O) groups is 2. The molecule has 0 aromatic heterocycles. The Morgan fingerprint density at radius 2 is 1.95 bits per heavy atom. The second-order valence-electron chi connectivity index (χ2n) is 4.99. The van der Waals surface area contributed by atoms with E-state index in [1.54, 1.807) is 18.0 Å². The van der Waals surface area contributed by atoms with Crippen LogP contribution in [0, 0.1) is 0 Å². The first-order valence-electron chi connectivity index (χ1n) is 6.54. The number of fused-ring (bicyclic) bond motifs is 1. The first-order chi connectivity index (χ1) is 9.18. The Kier molecular flexibility index (Phi) is 2.85. The van der Waals surface area contributed by atoms with E-state index in [-0.39, 0.29) is 17.9 Å². The van der Waals surface area contributed by atoms with Gasteiger partial charge >= 0.3 is 0 Å². The quantitative estimate of drug-likeness (QED) is 0.714. The van der Waals surface area contributed by atoms with E-state index in [2.05, 4.69) is 0 Å². The molecule has 0 N–H and O–H groups in total. The van der Waals surface area contributed by atoms with Crippen LogP contribution in [0.3, 0.4) is 0 Å². The number of hydrogen-bond donors (Lipinski definition) is 0. The number of amides is 2. The van der Waals surface area contributed by atoms with Gasteiger partial charge in [0.1, 0.15) is 11.7 Å². The van der Waals surface area contributed by atoms with Crippen LogP contribution in [0.5, 0.6) is 0 Å². The van der Waals surface area contributed by atoms with Gasteiger partial charge in [-0.3, -0.25) is 9.59 Å². The van der Waals surface area contributed by atoms with Crippen LogP contribution < -0.4 is 0 Å². The Morgan fingerprint density at radius 3 is 2.68 bits per heavy atom. The van der Waals surface area contributed by atoms with Gasteiger partial charge in [0, 0.05) is 13.6 Å². The molecule has 2 aliphatic rings. The second kappa shape index (κ2) is 4.53. The number of rotatable bonds is 1. The van der Waals surface area contributed by atoms with Crippen molar-refractivity contribution in [1.29, 1.82) is 0 Å². The molecule has 0 radical (unpaired) electrons. The van der Waals surface area contributed by atoms with E-state index in [0.29, 0.717) is 12.2 Å². The molecule has 1 atom stereocenters. The van der Waals surface area contributed by atoms with Crippen molar-refractivity contribution in [3.63, 3.8) is 0 Å². The fraction of sp³-hybridized carbons (Fsp3) is 0.333. The predicted octanol–water partition coefficient (Wildman–Crippen LogP) is 1.49. The molecule has 0 saturated carbocycles. The van der Waals surface area contributed by atoms with E-state index in [1.807, 2.05) is 30.3 Å². The van der Waals surface area contributed by atoms with Crippen LogP contribution in [0.2, 0.25) is 0 Å². The maximum atomic E-state index is 12.4. The van der Waals surface area contributed by atoms with Gasteiger partial charge in [0.05, 0.1) is 0 Å². The van der Waals surface area contributed by atoms with E-state index >= 15 is 0 Å². The minimum absolute atomic E-state index is 0.0271. The summed E-state index contributed by atoms with van der Waals surface area (Å²) in [4.78, 5) is 27.9. The molecule has 3 rings (SSSR count). The smallest absolute Gasteiger partial charge is 0.271 e. The third kappa shape index (κ3) is 1.93. The highest BCUT2D eigenvalue weighted by Crippen LogP contribution is 2.28. The van der Waals surface area contributed by atoms with Crippen molar-refractivity contribution in [3.8, 4) is 0 Å². The topological polar surface area (TPSA) is 40.6 Å². The first kappa shape index (κ1) is 12.0. The normalized spacial score (nSPS) is 25.1. The molecule has 2 amide bonds. The molecule has 0 spiro atoms. The zero-order valence-corrected chi connectivity index (χ0v) is 10.9. The van der Waals surface area contributed by atoms with Gasteiger partial charge in [0.25, 0.3) is 5.91 Å². The minimum Gasteiger partial charge on any atom is -0.325 e. The lowest BCUT2D eigenvalue weighted by atomic mass is 10.1. The molecule has 1 aromatic rings. The monoisotopic (exact) mass is 256 g/mol. The third-order valence-electron chi connectivity index (χ3n) is 3.81. The molecule has 2 saturated heterocycles. The predicted molar refractivity (Wildman–Crippen MR) is 71.9 cm³/mol. The zero-order valence-electron chi connectivity index (χ0n) is 10.9. The number of nitrogens with zero attached hydrogens (tertiary/aromatic N) is 2. The van der Waals surface area contributed by atoms with E-state index in [9.17, 15) is 9.59 Å². The summed E-state index contributed by atoms with van der Waals surface area (Å²) in [5.74, 6) is -0.00673. The van der Waals surface area contributed by atoms with Crippen molar-refractivity contribution in [2.24, 2.45) is 0 Å². The molecule has 98 valence electrons. The lowest BCUT2D eigenvalue weighted by molar-refractivity contribution is -0.147. The molecule has 2 heterocycles. The average Bonchev–Trinajstić information content (AvgIpc) is 2.92. The maximum Gasteiger partial charge on any atom is 0.271 e. The van der Waals surface area contributed by atoms with Crippen LogP contribution >= 0.6 is 0 Å². The van der Waals surface area contributed by atoms with Crippen LogP contribution in [0.25, 0.3) is 6.08 Å². The lowest BCUT2D eigenvalue weighted by Gasteiger charge is -2.36. The summed E-state index contributed by atoms with van der Waals surface area (Å²) >= 11 is 0. The molecular formula is C15H16N2O2. The standard InChI is InChI=1S/C15H16N2O2/c1-16-13(10-11-6-3-2-4-7-11)15(19)17-9-5-8-12(17)14(16)18/h2-4,6-7,10,12H,5,8-9H2,1H3/b13-10+/t12-/m0/s1. The number of piperazine rings is 1.